The number of carboxylic acid groups (broad SMARTS) is 1. The maximum atomic E-state index is 11.4. The van der Waals surface area contributed by atoms with Crippen LogP contribution in [0.25, 0.3) is 0 Å². The van der Waals surface area contributed by atoms with Gasteiger partial charge >= 0.3 is 11.7 Å². The smallest absolute Gasteiger partial charge is 0.325 e. The Bertz CT molecular complexity index is 627. The Morgan fingerprint density at radius 2 is 2.11 bits per heavy atom. The first-order chi connectivity index (χ1) is 8.62. The average Bonchev–Trinajstić information content (AvgIpc) is 2.27. The van der Waals surface area contributed by atoms with Gasteiger partial charge in [-0.05, 0) is 13.0 Å². The van der Waals surface area contributed by atoms with Crippen molar-refractivity contribution in [2.45, 2.75) is 18.0 Å². The summed E-state index contributed by atoms with van der Waals surface area (Å²) in [5.74, 6) is -1.23. The molecule has 0 radical (unpaired) electrons. The lowest BCUT2D eigenvalue weighted by Crippen LogP contribution is -2.26. The topological polar surface area (TPSA) is 140 Å². The van der Waals surface area contributed by atoms with Gasteiger partial charge in [-0.2, -0.15) is 0 Å². The minimum Gasteiger partial charge on any atom is -0.480 e. The second-order valence-corrected chi connectivity index (χ2v) is 5.69. The van der Waals surface area contributed by atoms with E-state index >= 15 is 0 Å². The fourth-order valence-corrected chi connectivity index (χ4v) is 2.00. The zero-order chi connectivity index (χ0) is 14.8. The molecule has 1 heterocycles. The monoisotopic (exact) mass is 289 g/mol. The number of hydrogen-bond acceptors (Lipinski definition) is 7. The molecule has 0 aliphatic rings. The number of nitrogens with one attached hydrogen (secondary N) is 1. The third-order valence-corrected chi connectivity index (χ3v) is 3.13. The van der Waals surface area contributed by atoms with E-state index in [9.17, 15) is 23.3 Å². The number of aliphatic carboxylic acids is 1. The normalized spacial score (nSPS) is 12.7. The Morgan fingerprint density at radius 3 is 2.53 bits per heavy atom. The number of nitro groups is 1. The van der Waals surface area contributed by atoms with Crippen LogP contribution in [0.3, 0.4) is 0 Å². The van der Waals surface area contributed by atoms with Crippen LogP contribution in [0, 0.1) is 10.1 Å². The highest BCUT2D eigenvalue weighted by atomic mass is 32.2. The number of pyridine rings is 1. The molecule has 1 atom stereocenters. The molecule has 0 aliphatic carbocycles. The van der Waals surface area contributed by atoms with Crippen LogP contribution in [0.15, 0.2) is 17.2 Å². The lowest BCUT2D eigenvalue weighted by molar-refractivity contribution is -0.388. The molecule has 1 aromatic rings. The van der Waals surface area contributed by atoms with Gasteiger partial charge in [-0.3, -0.25) is 14.9 Å². The first kappa shape index (κ1) is 14.8. The zero-order valence-corrected chi connectivity index (χ0v) is 10.8. The molecular weight excluding hydrogens is 278 g/mol. The van der Waals surface area contributed by atoms with Crippen LogP contribution in [0.2, 0.25) is 0 Å². The minimum absolute atomic E-state index is 0.0686. The van der Waals surface area contributed by atoms with Gasteiger partial charge in [0.05, 0.1) is 4.92 Å². The molecule has 0 spiro atoms. The first-order valence-corrected chi connectivity index (χ1v) is 6.87. The van der Waals surface area contributed by atoms with Crippen LogP contribution in [0.5, 0.6) is 0 Å². The average molecular weight is 289 g/mol. The summed E-state index contributed by atoms with van der Waals surface area (Å²) in [6, 6.07) is 1.09. The standard InChI is InChI=1S/C9H11N3O6S/c1-5(9(13)14)10-7-4-3-6(12(15)16)8(11-7)19(2,17)18/h3-5H,1-2H3,(H,10,11)(H,13,14). The van der Waals surface area contributed by atoms with Gasteiger partial charge in [0.25, 0.3) is 0 Å². The summed E-state index contributed by atoms with van der Waals surface area (Å²) in [4.78, 5) is 24.1. The van der Waals surface area contributed by atoms with Crippen molar-refractivity contribution in [2.75, 3.05) is 11.6 Å². The van der Waals surface area contributed by atoms with Crippen molar-refractivity contribution in [3.05, 3.63) is 22.2 Å². The summed E-state index contributed by atoms with van der Waals surface area (Å²) in [5.41, 5.74) is -0.656. The predicted molar refractivity (Wildman–Crippen MR) is 64.7 cm³/mol. The molecule has 1 rings (SSSR count). The third kappa shape index (κ3) is 3.61. The summed E-state index contributed by atoms with van der Waals surface area (Å²) in [7, 11) is -3.90. The van der Waals surface area contributed by atoms with Gasteiger partial charge < -0.3 is 10.4 Å². The molecule has 0 amide bonds. The maximum Gasteiger partial charge on any atom is 0.325 e. The van der Waals surface area contributed by atoms with Crippen molar-refractivity contribution >= 4 is 27.3 Å². The lowest BCUT2D eigenvalue weighted by Gasteiger charge is -2.10. The van der Waals surface area contributed by atoms with E-state index in [-0.39, 0.29) is 5.82 Å². The van der Waals surface area contributed by atoms with E-state index in [2.05, 4.69) is 10.3 Å². The predicted octanol–water partition coefficient (Wildman–Crippen LogP) is 0.278. The van der Waals surface area contributed by atoms with Gasteiger partial charge in [-0.25, -0.2) is 13.4 Å². The van der Waals surface area contributed by atoms with Crippen LogP contribution in [-0.2, 0) is 14.6 Å². The molecule has 0 saturated heterocycles. The van der Waals surface area contributed by atoms with Gasteiger partial charge in [0.1, 0.15) is 11.9 Å². The van der Waals surface area contributed by atoms with Gasteiger partial charge in [0, 0.05) is 12.3 Å². The number of rotatable bonds is 5. The van der Waals surface area contributed by atoms with Crippen molar-refractivity contribution in [2.24, 2.45) is 0 Å². The zero-order valence-electron chi connectivity index (χ0n) is 10.0. The van der Waals surface area contributed by atoms with Gasteiger partial charge in [0.2, 0.25) is 5.03 Å². The second kappa shape index (κ2) is 5.18. The van der Waals surface area contributed by atoms with E-state index in [0.29, 0.717) is 0 Å². The largest absolute Gasteiger partial charge is 0.480 e. The number of anilines is 1. The highest BCUT2D eigenvalue weighted by Gasteiger charge is 2.25. The molecule has 9 nitrogen and oxygen atoms in total. The Hall–Kier alpha value is -2.23. The van der Waals surface area contributed by atoms with E-state index in [4.69, 9.17) is 5.11 Å². The minimum atomic E-state index is -3.90. The number of carbonyl (C=O) groups is 1. The number of sulfone groups is 1. The first-order valence-electron chi connectivity index (χ1n) is 4.97. The van der Waals surface area contributed by atoms with Crippen molar-refractivity contribution in [3.8, 4) is 0 Å². The molecule has 0 saturated carbocycles. The fourth-order valence-electron chi connectivity index (χ4n) is 1.21. The molecule has 0 bridgehead atoms. The van der Waals surface area contributed by atoms with Crippen LogP contribution in [0.4, 0.5) is 11.5 Å². The number of carboxylic acids is 1. The third-order valence-electron chi connectivity index (χ3n) is 2.12. The van der Waals surface area contributed by atoms with Crippen molar-refractivity contribution in [3.63, 3.8) is 0 Å². The van der Waals surface area contributed by atoms with E-state index in [1.54, 1.807) is 0 Å². The second-order valence-electron chi connectivity index (χ2n) is 3.75. The molecule has 2 N–H and O–H groups in total. The highest BCUT2D eigenvalue weighted by Crippen LogP contribution is 2.23. The Labute approximate surface area is 108 Å². The molecule has 1 unspecified atom stereocenters. The number of hydrogen-bond donors (Lipinski definition) is 2. The Balaban J connectivity index is 3.27. The lowest BCUT2D eigenvalue weighted by atomic mass is 10.3. The summed E-state index contributed by atoms with van der Waals surface area (Å²) >= 11 is 0. The molecule has 0 aliphatic heterocycles. The molecule has 19 heavy (non-hydrogen) atoms. The molecule has 0 aromatic carbocycles. The van der Waals surface area contributed by atoms with Crippen molar-refractivity contribution in [1.29, 1.82) is 0 Å². The van der Waals surface area contributed by atoms with Crippen LogP contribution >= 0.6 is 0 Å². The van der Waals surface area contributed by atoms with Gasteiger partial charge in [0.15, 0.2) is 9.84 Å². The summed E-state index contributed by atoms with van der Waals surface area (Å²) in [6.07, 6.45) is 0.784. The summed E-state index contributed by atoms with van der Waals surface area (Å²) < 4.78 is 22.8. The molecule has 10 heteroatoms. The summed E-state index contributed by atoms with van der Waals surface area (Å²) in [5, 5.41) is 21.1. The Kier molecular flexibility index (Phi) is 4.04. The van der Waals surface area contributed by atoms with E-state index < -0.39 is 37.5 Å². The quantitative estimate of drug-likeness (QED) is 0.581. The van der Waals surface area contributed by atoms with Crippen LogP contribution in [-0.4, -0.2) is 41.7 Å². The van der Waals surface area contributed by atoms with Crippen molar-refractivity contribution < 1.29 is 23.2 Å². The SMILES string of the molecule is CC(Nc1ccc([N+](=O)[O-])c(S(C)(=O)=O)n1)C(=O)O. The Morgan fingerprint density at radius 1 is 1.53 bits per heavy atom. The highest BCUT2D eigenvalue weighted by molar-refractivity contribution is 7.90. The molecule has 1 aromatic heterocycles. The van der Waals surface area contributed by atoms with E-state index in [1.807, 2.05) is 0 Å². The van der Waals surface area contributed by atoms with E-state index in [1.165, 1.54) is 6.92 Å². The van der Waals surface area contributed by atoms with Crippen LogP contribution < -0.4 is 5.32 Å². The number of nitrogens with zero attached hydrogens (tertiary/aromatic N) is 2. The maximum absolute atomic E-state index is 11.4. The molecule has 0 fully saturated rings. The van der Waals surface area contributed by atoms with Crippen molar-refractivity contribution in [1.82, 2.24) is 4.98 Å². The molecule has 104 valence electrons. The van der Waals surface area contributed by atoms with E-state index in [0.717, 1.165) is 18.4 Å². The number of aromatic nitrogens is 1. The van der Waals surface area contributed by atoms with Gasteiger partial charge in [-0.15, -0.1) is 0 Å². The molecular formula is C9H11N3O6S. The fraction of sp³-hybridized carbons (Fsp3) is 0.333. The van der Waals surface area contributed by atoms with Crippen LogP contribution in [0.1, 0.15) is 6.92 Å². The van der Waals surface area contributed by atoms with Gasteiger partial charge in [-0.1, -0.05) is 0 Å². The summed E-state index contributed by atoms with van der Waals surface area (Å²) in [6.45, 7) is 1.32.